The molecule has 0 aliphatic heterocycles. The zero-order valence-electron chi connectivity index (χ0n) is 18.6. The minimum absolute atomic E-state index is 0.168. The number of nitrogens with zero attached hydrogens (tertiary/aromatic N) is 1. The molecule has 3 aromatic carbocycles. The van der Waals surface area contributed by atoms with Gasteiger partial charge in [-0.25, -0.2) is 4.39 Å². The van der Waals surface area contributed by atoms with Crippen molar-refractivity contribution in [1.82, 2.24) is 4.57 Å². The zero-order chi connectivity index (χ0) is 23.4. The van der Waals surface area contributed by atoms with E-state index in [2.05, 4.69) is 29.6 Å². The quantitative estimate of drug-likeness (QED) is 0.442. The molecule has 0 fully saturated rings. The fraction of sp³-hybridized carbons (Fsp3) is 0.185. The van der Waals surface area contributed by atoms with Crippen LogP contribution >= 0.6 is 0 Å². The van der Waals surface area contributed by atoms with E-state index < -0.39 is 0 Å². The van der Waals surface area contributed by atoms with Gasteiger partial charge in [0.05, 0.1) is 12.6 Å². The molecule has 1 amide bonds. The highest BCUT2D eigenvalue weighted by Gasteiger charge is 2.14. The number of amides is 1. The van der Waals surface area contributed by atoms with Gasteiger partial charge in [0, 0.05) is 17.3 Å². The Balaban J connectivity index is 1.66. The molecule has 0 saturated carbocycles. The number of hydrogen-bond donors (Lipinski definition) is 1. The first kappa shape index (κ1) is 22.3. The lowest BCUT2D eigenvalue weighted by atomic mass is 10.0. The molecule has 0 atom stereocenters. The third kappa shape index (κ3) is 5.29. The van der Waals surface area contributed by atoms with E-state index in [0.29, 0.717) is 28.9 Å². The van der Waals surface area contributed by atoms with Gasteiger partial charge >= 0.3 is 0 Å². The van der Waals surface area contributed by atoms with Crippen LogP contribution in [-0.4, -0.2) is 17.6 Å². The number of methoxy groups -OCH3 is 1. The van der Waals surface area contributed by atoms with Crippen LogP contribution in [0.4, 0.5) is 10.1 Å². The summed E-state index contributed by atoms with van der Waals surface area (Å²) in [4.78, 5) is 26.1. The summed E-state index contributed by atoms with van der Waals surface area (Å²) in [7, 11) is 1.56. The highest BCUT2D eigenvalue weighted by Crippen LogP contribution is 2.21. The molecule has 1 heterocycles. The molecule has 168 valence electrons. The Morgan fingerprint density at radius 2 is 1.70 bits per heavy atom. The topological polar surface area (TPSA) is 60.3 Å². The minimum atomic E-state index is -0.386. The molecule has 4 aromatic rings. The van der Waals surface area contributed by atoms with Crippen LogP contribution in [0, 0.1) is 12.7 Å². The molecule has 5 nitrogen and oxygen atoms in total. The molecule has 6 heteroatoms. The second kappa shape index (κ2) is 9.69. The summed E-state index contributed by atoms with van der Waals surface area (Å²) in [5, 5.41) is 3.57. The number of carbonyl (C=O) groups excluding carboxylic acids is 1. The predicted octanol–water partition coefficient (Wildman–Crippen LogP) is 4.88. The minimum Gasteiger partial charge on any atom is -0.497 e. The monoisotopic (exact) mass is 444 g/mol. The van der Waals surface area contributed by atoms with Crippen LogP contribution in [0.25, 0.3) is 10.9 Å². The second-order valence-electron chi connectivity index (χ2n) is 8.03. The van der Waals surface area contributed by atoms with Gasteiger partial charge in [-0.15, -0.1) is 0 Å². The number of aromatic nitrogens is 1. The summed E-state index contributed by atoms with van der Waals surface area (Å²) < 4.78 is 20.0. The summed E-state index contributed by atoms with van der Waals surface area (Å²) in [6, 6.07) is 21.1. The lowest BCUT2D eigenvalue weighted by Crippen LogP contribution is -2.30. The molecule has 4 rings (SSSR count). The van der Waals surface area contributed by atoms with Crippen LogP contribution in [0.5, 0.6) is 5.75 Å². The molecular weight excluding hydrogens is 419 g/mol. The molecule has 0 bridgehead atoms. The van der Waals surface area contributed by atoms with Gasteiger partial charge in [-0.2, -0.15) is 0 Å². The van der Waals surface area contributed by atoms with E-state index in [-0.39, 0.29) is 23.8 Å². The smallest absolute Gasteiger partial charge is 0.254 e. The summed E-state index contributed by atoms with van der Waals surface area (Å²) in [6.07, 6.45) is 1.28. The molecule has 0 radical (unpaired) electrons. The van der Waals surface area contributed by atoms with Crippen molar-refractivity contribution < 1.29 is 13.9 Å². The van der Waals surface area contributed by atoms with Gasteiger partial charge in [-0.05, 0) is 73.2 Å². The standard InChI is InChI=1S/C27H25FN2O3/c1-18-3-5-19(6-4-18)7-8-21-15-20-9-14-24(33-2)16-25(20)30(27(21)32)17-26(31)29-23-12-10-22(28)11-13-23/h3-6,9-16H,7-8,17H2,1-2H3,(H,29,31). The van der Waals surface area contributed by atoms with E-state index in [0.717, 1.165) is 17.4 Å². The third-order valence-electron chi connectivity index (χ3n) is 5.61. The molecule has 0 spiro atoms. The van der Waals surface area contributed by atoms with Crippen molar-refractivity contribution in [1.29, 1.82) is 0 Å². The number of anilines is 1. The van der Waals surface area contributed by atoms with Gasteiger partial charge in [-0.3, -0.25) is 14.2 Å². The van der Waals surface area contributed by atoms with Crippen molar-refractivity contribution in [3.63, 3.8) is 0 Å². The number of pyridine rings is 1. The van der Waals surface area contributed by atoms with E-state index in [4.69, 9.17) is 4.74 Å². The maximum absolute atomic E-state index is 13.4. The second-order valence-corrected chi connectivity index (χ2v) is 8.03. The van der Waals surface area contributed by atoms with Gasteiger partial charge in [-0.1, -0.05) is 29.8 Å². The van der Waals surface area contributed by atoms with Crippen LogP contribution in [0.15, 0.2) is 77.6 Å². The maximum atomic E-state index is 13.4. The number of hydrogen-bond acceptors (Lipinski definition) is 3. The van der Waals surface area contributed by atoms with E-state index >= 15 is 0 Å². The van der Waals surface area contributed by atoms with Crippen molar-refractivity contribution >= 4 is 22.5 Å². The highest BCUT2D eigenvalue weighted by atomic mass is 19.1. The van der Waals surface area contributed by atoms with E-state index in [1.807, 2.05) is 25.1 Å². The van der Waals surface area contributed by atoms with E-state index in [9.17, 15) is 14.0 Å². The molecule has 33 heavy (non-hydrogen) atoms. The third-order valence-corrected chi connectivity index (χ3v) is 5.61. The summed E-state index contributed by atoms with van der Waals surface area (Å²) in [5.74, 6) is -0.158. The van der Waals surface area contributed by atoms with Crippen molar-refractivity contribution in [3.8, 4) is 5.75 Å². The van der Waals surface area contributed by atoms with Crippen molar-refractivity contribution in [3.05, 3.63) is 106 Å². The van der Waals surface area contributed by atoms with Crippen molar-refractivity contribution in [2.75, 3.05) is 12.4 Å². The molecule has 0 unspecified atom stereocenters. The molecule has 0 saturated heterocycles. The number of fused-ring (bicyclic) bond motifs is 1. The highest BCUT2D eigenvalue weighted by molar-refractivity contribution is 5.92. The maximum Gasteiger partial charge on any atom is 0.254 e. The summed E-state index contributed by atoms with van der Waals surface area (Å²) in [6.45, 7) is 1.87. The Bertz CT molecular complexity index is 1340. The van der Waals surface area contributed by atoms with Crippen LogP contribution in [0.3, 0.4) is 0 Å². The van der Waals surface area contributed by atoms with Gasteiger partial charge in [0.15, 0.2) is 0 Å². The van der Waals surface area contributed by atoms with Crippen LogP contribution in [0.2, 0.25) is 0 Å². The lowest BCUT2D eigenvalue weighted by molar-refractivity contribution is -0.116. The van der Waals surface area contributed by atoms with E-state index in [1.165, 1.54) is 34.4 Å². The molecule has 0 aliphatic carbocycles. The molecule has 1 N–H and O–H groups in total. The van der Waals surface area contributed by atoms with E-state index in [1.54, 1.807) is 13.2 Å². The van der Waals surface area contributed by atoms with Crippen LogP contribution in [0.1, 0.15) is 16.7 Å². The largest absolute Gasteiger partial charge is 0.497 e. The average Bonchev–Trinajstić information content (AvgIpc) is 2.82. The first-order valence-electron chi connectivity index (χ1n) is 10.7. The number of aryl methyl sites for hydroxylation is 3. The zero-order valence-corrected chi connectivity index (χ0v) is 18.6. The van der Waals surface area contributed by atoms with Gasteiger partial charge < -0.3 is 10.1 Å². The average molecular weight is 445 g/mol. The van der Waals surface area contributed by atoms with Crippen LogP contribution in [-0.2, 0) is 24.2 Å². The van der Waals surface area contributed by atoms with Crippen molar-refractivity contribution in [2.45, 2.75) is 26.3 Å². The lowest BCUT2D eigenvalue weighted by Gasteiger charge is -2.14. The molecular formula is C27H25FN2O3. The van der Waals surface area contributed by atoms with Crippen molar-refractivity contribution in [2.24, 2.45) is 0 Å². The fourth-order valence-electron chi connectivity index (χ4n) is 3.79. The van der Waals surface area contributed by atoms with Crippen LogP contribution < -0.4 is 15.6 Å². The number of nitrogens with one attached hydrogen (secondary N) is 1. The molecule has 0 aliphatic rings. The van der Waals surface area contributed by atoms with Gasteiger partial charge in [0.2, 0.25) is 5.91 Å². The Morgan fingerprint density at radius 1 is 0.970 bits per heavy atom. The normalized spacial score (nSPS) is 10.9. The Labute approximate surface area is 191 Å². The first-order chi connectivity index (χ1) is 15.9. The summed E-state index contributed by atoms with van der Waals surface area (Å²) >= 11 is 0. The number of benzene rings is 3. The van der Waals surface area contributed by atoms with Gasteiger partial charge in [0.25, 0.3) is 5.56 Å². The fourth-order valence-corrected chi connectivity index (χ4v) is 3.79. The number of halogens is 1. The predicted molar refractivity (Wildman–Crippen MR) is 128 cm³/mol. The number of carbonyl (C=O) groups is 1. The SMILES string of the molecule is COc1ccc2cc(CCc3ccc(C)cc3)c(=O)n(CC(=O)Nc3ccc(F)cc3)c2c1. The first-order valence-corrected chi connectivity index (χ1v) is 10.7. The Hall–Kier alpha value is -3.93. The number of ether oxygens (including phenoxy) is 1. The summed E-state index contributed by atoms with van der Waals surface area (Å²) in [5.41, 5.74) is 3.85. The molecule has 1 aromatic heterocycles. The Morgan fingerprint density at radius 3 is 2.39 bits per heavy atom. The number of rotatable bonds is 7. The Kier molecular flexibility index (Phi) is 6.54. The van der Waals surface area contributed by atoms with Gasteiger partial charge in [0.1, 0.15) is 18.1 Å².